The molecule has 0 bridgehead atoms. The number of hydrogen-bond donors (Lipinski definition) is 10. The lowest BCUT2D eigenvalue weighted by Gasteiger charge is -2.71. The number of ether oxygens (including phenoxy) is 6. The highest BCUT2D eigenvalue weighted by Gasteiger charge is 2.70. The van der Waals surface area contributed by atoms with Gasteiger partial charge in [-0.25, -0.2) is 4.79 Å². The molecular formula is C47H74O18. The summed E-state index contributed by atoms with van der Waals surface area (Å²) in [5.41, 5.74) is -0.443. The fourth-order valence-corrected chi connectivity index (χ4v) is 14.9. The molecule has 370 valence electrons. The summed E-state index contributed by atoms with van der Waals surface area (Å²) in [7, 11) is 0. The third-order valence-corrected chi connectivity index (χ3v) is 19.0. The molecule has 0 aromatic carbocycles. The Bertz CT molecular complexity index is 1820. The van der Waals surface area contributed by atoms with Gasteiger partial charge in [0.25, 0.3) is 0 Å². The molecule has 0 aromatic rings. The normalized spacial score (nSPS) is 52.6. The van der Waals surface area contributed by atoms with E-state index < -0.39 is 128 Å². The van der Waals surface area contributed by atoms with Crippen molar-refractivity contribution >= 4 is 11.9 Å². The number of carboxylic acids is 2. The first-order valence-corrected chi connectivity index (χ1v) is 23.7. The second-order valence-corrected chi connectivity index (χ2v) is 23.0. The van der Waals surface area contributed by atoms with Crippen molar-refractivity contribution in [3.8, 4) is 0 Å². The molecule has 3 aliphatic heterocycles. The molecule has 3 saturated heterocycles. The Morgan fingerprint density at radius 1 is 0.646 bits per heavy atom. The van der Waals surface area contributed by atoms with Gasteiger partial charge in [-0.15, -0.1) is 0 Å². The Morgan fingerprint density at radius 3 is 1.83 bits per heavy atom. The molecule has 4 saturated carbocycles. The minimum atomic E-state index is -1.98. The zero-order valence-corrected chi connectivity index (χ0v) is 38.7. The van der Waals surface area contributed by atoms with Gasteiger partial charge in [0.05, 0.1) is 24.7 Å². The maximum absolute atomic E-state index is 13.1. The van der Waals surface area contributed by atoms with Crippen LogP contribution in [0.1, 0.15) is 113 Å². The topological polar surface area (TPSA) is 292 Å². The lowest BCUT2D eigenvalue weighted by Crippen LogP contribution is -2.68. The summed E-state index contributed by atoms with van der Waals surface area (Å²) in [6.45, 7) is 14.5. The predicted octanol–water partition coefficient (Wildman–Crippen LogP) is 1.44. The largest absolute Gasteiger partial charge is 0.481 e. The van der Waals surface area contributed by atoms with Crippen molar-refractivity contribution in [2.24, 2.45) is 50.2 Å². The quantitative estimate of drug-likeness (QED) is 0.110. The first-order valence-electron chi connectivity index (χ1n) is 23.7. The van der Waals surface area contributed by atoms with Crippen LogP contribution in [0.15, 0.2) is 11.6 Å². The Kier molecular flexibility index (Phi) is 13.1. The van der Waals surface area contributed by atoms with E-state index in [-0.39, 0.29) is 39.4 Å². The van der Waals surface area contributed by atoms with E-state index in [2.05, 4.69) is 54.5 Å². The summed E-state index contributed by atoms with van der Waals surface area (Å²) >= 11 is 0. The average molecular weight is 927 g/mol. The summed E-state index contributed by atoms with van der Waals surface area (Å²) in [6, 6.07) is 0. The van der Waals surface area contributed by atoms with Crippen LogP contribution in [-0.2, 0) is 38.0 Å². The van der Waals surface area contributed by atoms with Crippen LogP contribution in [0, 0.1) is 50.2 Å². The SMILES string of the molecule is CC1(C)CC[C@]2(C(=O)O)CC[C@]3(C)C(=CC[C@@H]4[C@@]5(C)CC[C@H](O[C@@H]6O[C@H](C(=O)O)[C@@H](O[C@@H]7O[C@@H](CO)[C@H](O)[C@H]7O)[C@H](O)[C@H]6O[C@@H]6O[C@H](CO)[C@@H](O)[C@H](O)[C@H]6O)C(C)(C)[C@@H]5CC[C@]43C)[C@@H]2C1. The molecule has 0 unspecified atom stereocenters. The van der Waals surface area contributed by atoms with Crippen molar-refractivity contribution in [3.05, 3.63) is 11.6 Å². The standard InChI is InChI=1S/C47H74O18/c1-42(2)14-16-47(41(58)59)17-15-45(6)21(22(47)18-42)8-9-26-44(5)12-11-27(43(3,4)25(44)10-13-46(26,45)7)62-40-35(64-39-32(54)30(52)28(50)23(19-48)60-39)33(55)34(36(65-40)37(56)57)63-38-31(53)29(51)24(20-49)61-38/h8,22-36,38-40,48-55H,9-20H2,1-7H3,(H,56,57)(H,58,59)/t22-,23+,24-,25-,26+,27-,28+,29-,30-,31+,32+,33-,34-,35+,36-,38-,39-,40+,44-,45+,46+,47-/m0/s1. The van der Waals surface area contributed by atoms with Crippen LogP contribution in [0.3, 0.4) is 0 Å². The lowest BCUT2D eigenvalue weighted by atomic mass is 9.33. The van der Waals surface area contributed by atoms with Gasteiger partial charge >= 0.3 is 11.9 Å². The summed E-state index contributed by atoms with van der Waals surface area (Å²) in [5, 5.41) is 106. The molecule has 8 aliphatic rings. The molecule has 10 N–H and O–H groups in total. The number of carboxylic acid groups (broad SMARTS) is 2. The van der Waals surface area contributed by atoms with E-state index in [1.807, 2.05) is 0 Å². The predicted molar refractivity (Wildman–Crippen MR) is 225 cm³/mol. The molecule has 0 aromatic heterocycles. The van der Waals surface area contributed by atoms with Crippen LogP contribution in [0.25, 0.3) is 0 Å². The van der Waals surface area contributed by atoms with E-state index in [4.69, 9.17) is 28.4 Å². The van der Waals surface area contributed by atoms with Crippen LogP contribution < -0.4 is 0 Å². The van der Waals surface area contributed by atoms with E-state index >= 15 is 0 Å². The van der Waals surface area contributed by atoms with Gasteiger partial charge in [0.2, 0.25) is 0 Å². The Balaban J connectivity index is 1.08. The molecule has 5 aliphatic carbocycles. The second kappa shape index (κ2) is 17.2. The number of rotatable bonds is 10. The van der Waals surface area contributed by atoms with Gasteiger partial charge in [-0.05, 0) is 109 Å². The Morgan fingerprint density at radius 2 is 1.23 bits per heavy atom. The highest BCUT2D eigenvalue weighted by atomic mass is 16.8. The minimum absolute atomic E-state index is 0.0187. The van der Waals surface area contributed by atoms with Crippen LogP contribution in [0.4, 0.5) is 0 Å². The van der Waals surface area contributed by atoms with Crippen LogP contribution >= 0.6 is 0 Å². The zero-order chi connectivity index (χ0) is 47.6. The summed E-state index contributed by atoms with van der Waals surface area (Å²) in [4.78, 5) is 26.1. The Labute approximate surface area is 380 Å². The monoisotopic (exact) mass is 926 g/mol. The van der Waals surface area contributed by atoms with Crippen molar-refractivity contribution in [2.45, 2.75) is 205 Å². The van der Waals surface area contributed by atoms with Gasteiger partial charge in [0, 0.05) is 0 Å². The molecule has 0 amide bonds. The van der Waals surface area contributed by atoms with Gasteiger partial charge in [-0.1, -0.05) is 60.1 Å². The van der Waals surface area contributed by atoms with Gasteiger partial charge < -0.3 is 79.5 Å². The summed E-state index contributed by atoms with van der Waals surface area (Å²) in [6.07, 6.45) is -14.7. The number of fused-ring (bicyclic) bond motifs is 7. The van der Waals surface area contributed by atoms with Crippen LogP contribution in [0.2, 0.25) is 0 Å². The molecule has 7 fully saturated rings. The lowest BCUT2D eigenvalue weighted by molar-refractivity contribution is -0.383. The maximum Gasteiger partial charge on any atom is 0.335 e. The molecule has 18 nitrogen and oxygen atoms in total. The highest BCUT2D eigenvalue weighted by molar-refractivity contribution is 5.76. The number of aliphatic hydroxyl groups is 8. The third-order valence-electron chi connectivity index (χ3n) is 19.0. The number of aliphatic carboxylic acids is 2. The average Bonchev–Trinajstić information content (AvgIpc) is 3.51. The van der Waals surface area contributed by atoms with Crippen molar-refractivity contribution in [3.63, 3.8) is 0 Å². The molecule has 18 heteroatoms. The zero-order valence-electron chi connectivity index (χ0n) is 38.7. The van der Waals surface area contributed by atoms with E-state index in [1.54, 1.807) is 0 Å². The minimum Gasteiger partial charge on any atom is -0.481 e. The van der Waals surface area contributed by atoms with Crippen LogP contribution in [-0.4, -0.2) is 168 Å². The van der Waals surface area contributed by atoms with Gasteiger partial charge in [-0.2, -0.15) is 0 Å². The van der Waals surface area contributed by atoms with Crippen LogP contribution in [0.5, 0.6) is 0 Å². The molecule has 8 rings (SSSR count). The van der Waals surface area contributed by atoms with E-state index in [9.17, 15) is 60.7 Å². The highest BCUT2D eigenvalue weighted by Crippen LogP contribution is 2.76. The first kappa shape index (κ1) is 49.5. The number of allylic oxidation sites excluding steroid dienone is 2. The van der Waals surface area contributed by atoms with Crippen molar-refractivity contribution in [1.29, 1.82) is 0 Å². The summed E-state index contributed by atoms with van der Waals surface area (Å²) < 4.78 is 36.0. The van der Waals surface area contributed by atoms with E-state index in [1.165, 1.54) is 5.57 Å². The fraction of sp³-hybridized carbons (Fsp3) is 0.915. The van der Waals surface area contributed by atoms with Gasteiger partial charge in [0.15, 0.2) is 25.0 Å². The molecule has 65 heavy (non-hydrogen) atoms. The van der Waals surface area contributed by atoms with Crippen molar-refractivity contribution in [1.82, 2.24) is 0 Å². The fourth-order valence-electron chi connectivity index (χ4n) is 14.9. The second-order valence-electron chi connectivity index (χ2n) is 23.0. The van der Waals surface area contributed by atoms with Gasteiger partial charge in [0.1, 0.15) is 61.0 Å². The molecule has 3 heterocycles. The number of hydrogen-bond acceptors (Lipinski definition) is 16. The van der Waals surface area contributed by atoms with E-state index in [0.29, 0.717) is 19.3 Å². The van der Waals surface area contributed by atoms with Gasteiger partial charge in [-0.3, -0.25) is 4.79 Å². The molecule has 22 atom stereocenters. The molecule has 0 radical (unpaired) electrons. The Hall–Kier alpha value is -1.88. The van der Waals surface area contributed by atoms with E-state index in [0.717, 1.165) is 44.9 Å². The first-order chi connectivity index (χ1) is 30.3. The maximum atomic E-state index is 13.1. The molecule has 0 spiro atoms. The number of aliphatic hydroxyl groups excluding tert-OH is 8. The third kappa shape index (κ3) is 7.67. The van der Waals surface area contributed by atoms with Crippen molar-refractivity contribution < 1.29 is 89.1 Å². The smallest absolute Gasteiger partial charge is 0.335 e. The molecular weight excluding hydrogens is 852 g/mol. The van der Waals surface area contributed by atoms with Crippen molar-refractivity contribution in [2.75, 3.05) is 13.2 Å². The number of carbonyl (C=O) groups is 2. The summed E-state index contributed by atoms with van der Waals surface area (Å²) in [5.74, 6) is -1.92.